The van der Waals surface area contributed by atoms with Crippen molar-refractivity contribution in [2.75, 3.05) is 0 Å². The first-order valence-electron chi connectivity index (χ1n) is 11.8. The molecule has 0 fully saturated rings. The minimum atomic E-state index is 0.547. The summed E-state index contributed by atoms with van der Waals surface area (Å²) in [4.78, 5) is 13.4. The summed E-state index contributed by atoms with van der Waals surface area (Å²) in [6.07, 6.45) is 0. The molecule has 6 nitrogen and oxygen atoms in total. The molecule has 6 aromatic rings. The van der Waals surface area contributed by atoms with Gasteiger partial charge >= 0.3 is 0 Å². The van der Waals surface area contributed by atoms with Crippen LogP contribution in [0, 0.1) is 36.5 Å². The summed E-state index contributed by atoms with van der Waals surface area (Å²) in [6.45, 7) is 3.69. The van der Waals surface area contributed by atoms with Crippen LogP contribution >= 0.6 is 0 Å². The van der Waals surface area contributed by atoms with Gasteiger partial charge in [0.25, 0.3) is 0 Å². The van der Waals surface area contributed by atoms with Gasteiger partial charge in [-0.05, 0) is 67.4 Å². The number of nitrogens with zero attached hydrogens (tertiary/aromatic N) is 6. The van der Waals surface area contributed by atoms with Crippen molar-refractivity contribution in [1.82, 2.24) is 19.5 Å². The second-order valence-corrected chi connectivity index (χ2v) is 8.87. The lowest BCUT2D eigenvalue weighted by Crippen LogP contribution is -2.02. The Hall–Kier alpha value is -5.33. The zero-order valence-electron chi connectivity index (χ0n) is 20.3. The van der Waals surface area contributed by atoms with Gasteiger partial charge in [-0.25, -0.2) is 15.0 Å². The molecular formula is C31H20N6. The Morgan fingerprint density at radius 3 is 2.14 bits per heavy atom. The fraction of sp³-hybridized carbons (Fsp3) is 0.0645. The predicted molar refractivity (Wildman–Crippen MR) is 144 cm³/mol. The maximum absolute atomic E-state index is 10.1. The molecule has 0 saturated carbocycles. The topological polar surface area (TPSA) is 91.2 Å². The largest absolute Gasteiger partial charge is 0.308 e. The first kappa shape index (κ1) is 22.2. The fourth-order valence-corrected chi connectivity index (χ4v) is 4.87. The first-order valence-corrected chi connectivity index (χ1v) is 11.8. The van der Waals surface area contributed by atoms with Crippen LogP contribution in [0.1, 0.15) is 22.8 Å². The van der Waals surface area contributed by atoms with Crippen LogP contribution in [0.2, 0.25) is 0 Å². The lowest BCUT2D eigenvalue weighted by molar-refractivity contribution is 0.928. The quantitative estimate of drug-likeness (QED) is 0.285. The first-order chi connectivity index (χ1) is 18.1. The lowest BCUT2D eigenvalue weighted by atomic mass is 10.0. The van der Waals surface area contributed by atoms with E-state index in [2.05, 4.69) is 62.0 Å². The average Bonchev–Trinajstić information content (AvgIpc) is 3.25. The van der Waals surface area contributed by atoms with E-state index >= 15 is 0 Å². The van der Waals surface area contributed by atoms with Crippen molar-refractivity contribution in [1.29, 1.82) is 10.5 Å². The molecule has 174 valence electrons. The molecule has 0 N–H and O–H groups in total. The van der Waals surface area contributed by atoms with Crippen LogP contribution in [0.15, 0.2) is 84.9 Å². The number of hydrogen-bond donors (Lipinski definition) is 0. The molecule has 0 aliphatic heterocycles. The minimum Gasteiger partial charge on any atom is -0.308 e. The van der Waals surface area contributed by atoms with E-state index in [0.717, 1.165) is 44.2 Å². The highest BCUT2D eigenvalue weighted by atomic mass is 15.0. The van der Waals surface area contributed by atoms with E-state index in [1.165, 1.54) is 0 Å². The second-order valence-electron chi connectivity index (χ2n) is 8.87. The van der Waals surface area contributed by atoms with Crippen molar-refractivity contribution in [2.45, 2.75) is 13.8 Å². The van der Waals surface area contributed by atoms with Crippen LogP contribution < -0.4 is 0 Å². The van der Waals surface area contributed by atoms with Gasteiger partial charge in [0.15, 0.2) is 5.82 Å². The monoisotopic (exact) mass is 476 g/mol. The van der Waals surface area contributed by atoms with Crippen molar-refractivity contribution < 1.29 is 0 Å². The molecular weight excluding hydrogens is 456 g/mol. The predicted octanol–water partition coefficient (Wildman–Crippen LogP) is 6.66. The number of para-hydroxylation sites is 1. The van der Waals surface area contributed by atoms with Crippen LogP contribution in [0.4, 0.5) is 0 Å². The number of fused-ring (bicyclic) bond motifs is 3. The maximum Gasteiger partial charge on any atom is 0.163 e. The minimum absolute atomic E-state index is 0.547. The summed E-state index contributed by atoms with van der Waals surface area (Å²) < 4.78 is 2.13. The van der Waals surface area contributed by atoms with Gasteiger partial charge < -0.3 is 4.57 Å². The Kier molecular flexibility index (Phi) is 5.22. The molecule has 0 unspecified atom stereocenters. The SMILES string of the molecule is Cc1nc(C)nc(-c2ccc(C#N)c(-n3c4ccccc4c4ccc(-c5cccc(C#N)c5)cc43)c2)n1. The van der Waals surface area contributed by atoms with E-state index in [0.29, 0.717) is 28.6 Å². The third-order valence-corrected chi connectivity index (χ3v) is 6.48. The summed E-state index contributed by atoms with van der Waals surface area (Å²) in [7, 11) is 0. The average molecular weight is 477 g/mol. The van der Waals surface area contributed by atoms with Crippen LogP contribution in [-0.4, -0.2) is 19.5 Å². The van der Waals surface area contributed by atoms with Crippen LogP contribution in [-0.2, 0) is 0 Å². The van der Waals surface area contributed by atoms with Crippen molar-refractivity contribution in [3.63, 3.8) is 0 Å². The third-order valence-electron chi connectivity index (χ3n) is 6.48. The second kappa shape index (κ2) is 8.71. The number of benzene rings is 4. The molecule has 0 amide bonds. The molecule has 2 aromatic heterocycles. The van der Waals surface area contributed by atoms with Gasteiger partial charge in [0.2, 0.25) is 0 Å². The van der Waals surface area contributed by atoms with Crippen LogP contribution in [0.5, 0.6) is 0 Å². The van der Waals surface area contributed by atoms with E-state index in [1.54, 1.807) is 6.07 Å². The molecule has 0 bridgehead atoms. The Bertz CT molecular complexity index is 1910. The van der Waals surface area contributed by atoms with E-state index in [1.807, 2.05) is 62.4 Å². The maximum atomic E-state index is 10.1. The Labute approximate surface area is 213 Å². The van der Waals surface area contributed by atoms with Gasteiger partial charge in [-0.1, -0.05) is 42.5 Å². The summed E-state index contributed by atoms with van der Waals surface area (Å²) in [6, 6.07) is 32.3. The number of aryl methyl sites for hydroxylation is 2. The summed E-state index contributed by atoms with van der Waals surface area (Å²) in [5.41, 5.74) is 6.65. The number of nitriles is 2. The molecule has 0 atom stereocenters. The van der Waals surface area contributed by atoms with Crippen LogP contribution in [0.3, 0.4) is 0 Å². The Morgan fingerprint density at radius 2 is 1.35 bits per heavy atom. The van der Waals surface area contributed by atoms with Crippen molar-refractivity contribution in [2.24, 2.45) is 0 Å². The molecule has 0 radical (unpaired) electrons. The molecule has 0 saturated heterocycles. The van der Waals surface area contributed by atoms with Crippen molar-refractivity contribution >= 4 is 21.8 Å². The van der Waals surface area contributed by atoms with Gasteiger partial charge in [-0.2, -0.15) is 10.5 Å². The molecule has 6 heteroatoms. The normalized spacial score (nSPS) is 10.9. The van der Waals surface area contributed by atoms with E-state index in [4.69, 9.17) is 0 Å². The fourth-order valence-electron chi connectivity index (χ4n) is 4.87. The molecule has 0 aliphatic rings. The molecule has 6 rings (SSSR count). The highest BCUT2D eigenvalue weighted by molar-refractivity contribution is 6.10. The lowest BCUT2D eigenvalue weighted by Gasteiger charge is -2.13. The standard InChI is InChI=1S/C31H20N6/c1-19-34-20(2)36-31(35-19)24-10-11-25(18-33)29(16-24)37-28-9-4-3-8-26(28)27-13-12-23(15-30(27)37)22-7-5-6-21(14-22)17-32/h3-16H,1-2H3. The zero-order chi connectivity index (χ0) is 25.5. The van der Waals surface area contributed by atoms with E-state index < -0.39 is 0 Å². The molecule has 37 heavy (non-hydrogen) atoms. The summed E-state index contributed by atoms with van der Waals surface area (Å²) >= 11 is 0. The number of aromatic nitrogens is 4. The molecule has 0 spiro atoms. The van der Waals surface area contributed by atoms with Gasteiger partial charge in [0.05, 0.1) is 33.9 Å². The zero-order valence-corrected chi connectivity index (χ0v) is 20.3. The van der Waals surface area contributed by atoms with Crippen molar-refractivity contribution in [3.8, 4) is 40.3 Å². The highest BCUT2D eigenvalue weighted by Gasteiger charge is 2.17. The van der Waals surface area contributed by atoms with E-state index in [9.17, 15) is 10.5 Å². The smallest absolute Gasteiger partial charge is 0.163 e. The van der Waals surface area contributed by atoms with Crippen molar-refractivity contribution in [3.05, 3.63) is 108 Å². The Balaban J connectivity index is 1.66. The molecule has 4 aromatic carbocycles. The van der Waals surface area contributed by atoms with E-state index in [-0.39, 0.29) is 0 Å². The Morgan fingerprint density at radius 1 is 0.622 bits per heavy atom. The number of hydrogen-bond acceptors (Lipinski definition) is 5. The molecule has 0 aliphatic carbocycles. The van der Waals surface area contributed by atoms with Crippen LogP contribution in [0.25, 0.3) is 50.0 Å². The van der Waals surface area contributed by atoms with Gasteiger partial charge in [-0.3, -0.25) is 0 Å². The third kappa shape index (κ3) is 3.78. The van der Waals surface area contributed by atoms with Gasteiger partial charge in [0.1, 0.15) is 17.7 Å². The highest BCUT2D eigenvalue weighted by Crippen LogP contribution is 2.36. The summed E-state index contributed by atoms with van der Waals surface area (Å²) in [5, 5.41) is 21.6. The van der Waals surface area contributed by atoms with Gasteiger partial charge in [0, 0.05) is 16.3 Å². The van der Waals surface area contributed by atoms with Gasteiger partial charge in [-0.15, -0.1) is 0 Å². The number of rotatable bonds is 3. The summed E-state index contributed by atoms with van der Waals surface area (Å²) in [5.74, 6) is 1.87. The molecule has 2 heterocycles.